The number of carbonyl (C=O) groups excluding carboxylic acids is 2. The number of rotatable bonds is 5. The molecule has 19 heavy (non-hydrogen) atoms. The van der Waals surface area contributed by atoms with Gasteiger partial charge in [-0.15, -0.1) is 0 Å². The van der Waals surface area contributed by atoms with Crippen molar-refractivity contribution in [2.45, 2.75) is 44.6 Å². The van der Waals surface area contributed by atoms with Gasteiger partial charge in [0, 0.05) is 5.38 Å². The lowest BCUT2D eigenvalue weighted by Gasteiger charge is -2.25. The minimum Gasteiger partial charge on any atom is -0.368 e. The van der Waals surface area contributed by atoms with E-state index in [0.29, 0.717) is 17.9 Å². The standard InChI is InChI=1S/C14H20N2O2S/c15-13(17)12(8-10-4-2-1-3-5-10)16-14(18)11-6-7-19-9-11/h6-7,9-10,12H,1-5,8H2,(H2,15,17)(H,16,18)/t12-/m0/s1. The normalized spacial score (nSPS) is 17.9. The van der Waals surface area contributed by atoms with Crippen LogP contribution in [-0.2, 0) is 4.79 Å². The van der Waals surface area contributed by atoms with Crippen LogP contribution in [0.1, 0.15) is 48.9 Å². The van der Waals surface area contributed by atoms with E-state index in [1.165, 1.54) is 30.6 Å². The van der Waals surface area contributed by atoms with Crippen molar-refractivity contribution in [3.8, 4) is 0 Å². The van der Waals surface area contributed by atoms with E-state index in [2.05, 4.69) is 5.32 Å². The lowest BCUT2D eigenvalue weighted by Crippen LogP contribution is -2.45. The predicted octanol–water partition coefficient (Wildman–Crippen LogP) is 2.30. The molecule has 2 amide bonds. The van der Waals surface area contributed by atoms with Crippen molar-refractivity contribution in [2.24, 2.45) is 11.7 Å². The van der Waals surface area contributed by atoms with Gasteiger partial charge in [0.1, 0.15) is 6.04 Å². The number of thiophene rings is 1. The molecule has 1 aliphatic carbocycles. The minimum atomic E-state index is -0.546. The highest BCUT2D eigenvalue weighted by atomic mass is 32.1. The SMILES string of the molecule is NC(=O)[C@H](CC1CCCCC1)NC(=O)c1ccsc1. The Morgan fingerprint density at radius 1 is 1.37 bits per heavy atom. The second-order valence-electron chi connectivity index (χ2n) is 5.18. The average molecular weight is 280 g/mol. The van der Waals surface area contributed by atoms with Crippen molar-refractivity contribution < 1.29 is 9.59 Å². The summed E-state index contributed by atoms with van der Waals surface area (Å²) in [6.45, 7) is 0. The molecule has 1 aromatic heterocycles. The molecule has 0 unspecified atom stereocenters. The maximum Gasteiger partial charge on any atom is 0.252 e. The summed E-state index contributed by atoms with van der Waals surface area (Å²) in [5.74, 6) is -0.135. The fraction of sp³-hybridized carbons (Fsp3) is 0.571. The van der Waals surface area contributed by atoms with Crippen molar-refractivity contribution >= 4 is 23.2 Å². The number of nitrogens with two attached hydrogens (primary N) is 1. The summed E-state index contributed by atoms with van der Waals surface area (Å²) in [6, 6.07) is 1.20. The third-order valence-electron chi connectivity index (χ3n) is 3.73. The highest BCUT2D eigenvalue weighted by Gasteiger charge is 2.24. The Balaban J connectivity index is 1.92. The molecule has 4 nitrogen and oxygen atoms in total. The Labute approximate surface area is 117 Å². The van der Waals surface area contributed by atoms with Crippen molar-refractivity contribution in [3.05, 3.63) is 22.4 Å². The van der Waals surface area contributed by atoms with E-state index in [9.17, 15) is 9.59 Å². The van der Waals surface area contributed by atoms with Gasteiger partial charge in [-0.2, -0.15) is 11.3 Å². The van der Waals surface area contributed by atoms with E-state index in [1.54, 1.807) is 11.4 Å². The van der Waals surface area contributed by atoms with E-state index < -0.39 is 11.9 Å². The van der Waals surface area contributed by atoms with Crippen LogP contribution in [0.15, 0.2) is 16.8 Å². The molecule has 3 N–H and O–H groups in total. The zero-order valence-electron chi connectivity index (χ0n) is 10.9. The van der Waals surface area contributed by atoms with Crippen LogP contribution in [0, 0.1) is 5.92 Å². The monoisotopic (exact) mass is 280 g/mol. The fourth-order valence-corrected chi connectivity index (χ4v) is 3.27. The molecule has 1 aliphatic rings. The van der Waals surface area contributed by atoms with Gasteiger partial charge < -0.3 is 11.1 Å². The van der Waals surface area contributed by atoms with Gasteiger partial charge in [-0.05, 0) is 23.8 Å². The highest BCUT2D eigenvalue weighted by Crippen LogP contribution is 2.27. The molecule has 2 rings (SSSR count). The molecule has 0 aliphatic heterocycles. The third kappa shape index (κ3) is 4.06. The second-order valence-corrected chi connectivity index (χ2v) is 5.96. The van der Waals surface area contributed by atoms with Crippen molar-refractivity contribution in [1.29, 1.82) is 0 Å². The number of hydrogen-bond acceptors (Lipinski definition) is 3. The molecule has 5 heteroatoms. The molecule has 1 fully saturated rings. The van der Waals surface area contributed by atoms with Gasteiger partial charge in [0.25, 0.3) is 5.91 Å². The fourth-order valence-electron chi connectivity index (χ4n) is 2.64. The van der Waals surface area contributed by atoms with E-state index in [-0.39, 0.29) is 5.91 Å². The van der Waals surface area contributed by atoms with Gasteiger partial charge in [0.2, 0.25) is 5.91 Å². The lowest BCUT2D eigenvalue weighted by atomic mass is 9.84. The molecule has 104 valence electrons. The first-order valence-corrected chi connectivity index (χ1v) is 7.73. The number of hydrogen-bond donors (Lipinski definition) is 2. The molecular weight excluding hydrogens is 260 g/mol. The summed E-state index contributed by atoms with van der Waals surface area (Å²) in [5, 5.41) is 6.37. The van der Waals surface area contributed by atoms with Gasteiger partial charge in [0.05, 0.1) is 5.56 Å². The molecule has 0 bridgehead atoms. The van der Waals surface area contributed by atoms with Gasteiger partial charge >= 0.3 is 0 Å². The Kier molecular flexibility index (Phi) is 4.96. The van der Waals surface area contributed by atoms with Crippen LogP contribution < -0.4 is 11.1 Å². The molecular formula is C14H20N2O2S. The predicted molar refractivity (Wildman–Crippen MR) is 76.0 cm³/mol. The number of nitrogens with one attached hydrogen (secondary N) is 1. The first-order chi connectivity index (χ1) is 9.16. The molecule has 1 aromatic rings. The zero-order chi connectivity index (χ0) is 13.7. The number of amides is 2. The van der Waals surface area contributed by atoms with E-state index >= 15 is 0 Å². The average Bonchev–Trinajstić information content (AvgIpc) is 2.93. The van der Waals surface area contributed by atoms with Crippen LogP contribution in [0.4, 0.5) is 0 Å². The Morgan fingerprint density at radius 3 is 2.68 bits per heavy atom. The smallest absolute Gasteiger partial charge is 0.252 e. The molecule has 0 radical (unpaired) electrons. The van der Waals surface area contributed by atoms with Gasteiger partial charge in [0.15, 0.2) is 0 Å². The third-order valence-corrected chi connectivity index (χ3v) is 4.41. The Hall–Kier alpha value is -1.36. The van der Waals surface area contributed by atoms with Gasteiger partial charge in [-0.25, -0.2) is 0 Å². The highest BCUT2D eigenvalue weighted by molar-refractivity contribution is 7.08. The molecule has 0 aromatic carbocycles. The lowest BCUT2D eigenvalue weighted by molar-refractivity contribution is -0.120. The van der Waals surface area contributed by atoms with Gasteiger partial charge in [-0.3, -0.25) is 9.59 Å². The summed E-state index contributed by atoms with van der Waals surface area (Å²) in [6.07, 6.45) is 6.66. The Morgan fingerprint density at radius 2 is 2.11 bits per heavy atom. The van der Waals surface area contributed by atoms with Crippen LogP contribution in [0.3, 0.4) is 0 Å². The maximum atomic E-state index is 12.0. The molecule has 1 saturated carbocycles. The largest absolute Gasteiger partial charge is 0.368 e. The van der Waals surface area contributed by atoms with Crippen LogP contribution in [0.2, 0.25) is 0 Å². The molecule has 1 atom stereocenters. The first kappa shape index (κ1) is 14.1. The summed E-state index contributed by atoms with van der Waals surface area (Å²) >= 11 is 1.46. The summed E-state index contributed by atoms with van der Waals surface area (Å²) in [7, 11) is 0. The molecule has 0 spiro atoms. The van der Waals surface area contributed by atoms with Crippen LogP contribution in [0.25, 0.3) is 0 Å². The molecule has 1 heterocycles. The number of carbonyl (C=O) groups is 2. The second kappa shape index (κ2) is 6.70. The van der Waals surface area contributed by atoms with E-state index in [0.717, 1.165) is 12.8 Å². The van der Waals surface area contributed by atoms with Crippen molar-refractivity contribution in [1.82, 2.24) is 5.32 Å². The summed E-state index contributed by atoms with van der Waals surface area (Å²) < 4.78 is 0. The van der Waals surface area contributed by atoms with E-state index in [4.69, 9.17) is 5.73 Å². The number of primary amides is 1. The van der Waals surface area contributed by atoms with E-state index in [1.807, 2.05) is 5.38 Å². The van der Waals surface area contributed by atoms with Crippen molar-refractivity contribution in [3.63, 3.8) is 0 Å². The summed E-state index contributed by atoms with van der Waals surface area (Å²) in [4.78, 5) is 23.4. The van der Waals surface area contributed by atoms with Crippen LogP contribution in [-0.4, -0.2) is 17.9 Å². The minimum absolute atomic E-state index is 0.208. The van der Waals surface area contributed by atoms with Crippen molar-refractivity contribution in [2.75, 3.05) is 0 Å². The topological polar surface area (TPSA) is 72.2 Å². The Bertz CT molecular complexity index is 425. The first-order valence-electron chi connectivity index (χ1n) is 6.79. The van der Waals surface area contributed by atoms with Gasteiger partial charge in [-0.1, -0.05) is 32.1 Å². The summed E-state index contributed by atoms with van der Waals surface area (Å²) in [5.41, 5.74) is 6.00. The van der Waals surface area contributed by atoms with Crippen LogP contribution in [0.5, 0.6) is 0 Å². The van der Waals surface area contributed by atoms with Crippen LogP contribution >= 0.6 is 11.3 Å². The quantitative estimate of drug-likeness (QED) is 0.868. The maximum absolute atomic E-state index is 12.0. The zero-order valence-corrected chi connectivity index (χ0v) is 11.7. The molecule has 0 saturated heterocycles.